The largest absolute Gasteiger partial charge is 0.481 e. The van der Waals surface area contributed by atoms with Gasteiger partial charge in [0.05, 0.1) is 24.0 Å². The van der Waals surface area contributed by atoms with E-state index in [0.717, 1.165) is 36.9 Å². The summed E-state index contributed by atoms with van der Waals surface area (Å²) in [4.78, 5) is 29.0. The molecule has 0 radical (unpaired) electrons. The molecule has 4 heterocycles. The lowest BCUT2D eigenvalue weighted by molar-refractivity contribution is -0.152. The van der Waals surface area contributed by atoms with E-state index < -0.39 is 11.8 Å². The number of hydrogen-bond donors (Lipinski definition) is 2. The molecule has 2 N–H and O–H groups in total. The van der Waals surface area contributed by atoms with E-state index in [1.807, 2.05) is 19.3 Å². The standard InChI is InChI=1S/C25H25FN6O2/c1-32-12-15(9-29-32)21-8-17(7-18-13-2-4-14(5-3-13)22(18)25(33)34)30-24(31-21)20-11-28-23-19(20)6-16(26)10-27-23/h6,8-14,18,22H,2-5,7H2,1H3,(H,27,28)(H,33,34). The molecular formula is C25H25FN6O2. The summed E-state index contributed by atoms with van der Waals surface area (Å²) in [6.45, 7) is 0. The number of pyridine rings is 1. The number of carbonyl (C=O) groups is 1. The van der Waals surface area contributed by atoms with Crippen molar-refractivity contribution in [3.8, 4) is 22.6 Å². The van der Waals surface area contributed by atoms with Crippen LogP contribution in [-0.4, -0.2) is 40.8 Å². The average Bonchev–Trinajstić information content (AvgIpc) is 3.45. The molecule has 0 saturated heterocycles. The van der Waals surface area contributed by atoms with Crippen molar-refractivity contribution in [1.29, 1.82) is 0 Å². The first-order valence-corrected chi connectivity index (χ1v) is 11.7. The highest BCUT2D eigenvalue weighted by atomic mass is 19.1. The van der Waals surface area contributed by atoms with Crippen LogP contribution in [0.2, 0.25) is 0 Å². The number of aromatic nitrogens is 6. The van der Waals surface area contributed by atoms with Crippen molar-refractivity contribution < 1.29 is 14.3 Å². The molecule has 0 aromatic carbocycles. The van der Waals surface area contributed by atoms with E-state index in [9.17, 15) is 14.3 Å². The monoisotopic (exact) mass is 460 g/mol. The molecule has 3 fully saturated rings. The summed E-state index contributed by atoms with van der Waals surface area (Å²) < 4.78 is 15.7. The Bertz CT molecular complexity index is 1390. The zero-order valence-corrected chi connectivity index (χ0v) is 18.8. The van der Waals surface area contributed by atoms with Crippen LogP contribution in [-0.2, 0) is 18.3 Å². The van der Waals surface area contributed by atoms with Crippen LogP contribution in [0.3, 0.4) is 0 Å². The summed E-state index contributed by atoms with van der Waals surface area (Å²) in [7, 11) is 1.84. The first kappa shape index (κ1) is 20.9. The first-order valence-electron chi connectivity index (χ1n) is 11.7. The van der Waals surface area contributed by atoms with Gasteiger partial charge in [0.2, 0.25) is 0 Å². The van der Waals surface area contributed by atoms with Crippen LogP contribution in [0.5, 0.6) is 0 Å². The van der Waals surface area contributed by atoms with E-state index in [1.54, 1.807) is 17.1 Å². The highest BCUT2D eigenvalue weighted by Gasteiger charge is 2.47. The second kappa shape index (κ2) is 8.00. The molecule has 34 heavy (non-hydrogen) atoms. The van der Waals surface area contributed by atoms with Crippen LogP contribution in [0, 0.1) is 29.5 Å². The molecular weight excluding hydrogens is 435 g/mol. The maximum absolute atomic E-state index is 14.0. The Labute approximate surface area is 195 Å². The second-order valence-corrected chi connectivity index (χ2v) is 9.63. The molecule has 3 saturated carbocycles. The Morgan fingerprint density at radius 3 is 2.71 bits per heavy atom. The van der Waals surface area contributed by atoms with Gasteiger partial charge in [-0.25, -0.2) is 19.3 Å². The van der Waals surface area contributed by atoms with Crippen LogP contribution < -0.4 is 0 Å². The van der Waals surface area contributed by atoms with Gasteiger partial charge in [-0.3, -0.25) is 9.48 Å². The van der Waals surface area contributed by atoms with Gasteiger partial charge in [-0.2, -0.15) is 5.10 Å². The van der Waals surface area contributed by atoms with Crippen molar-refractivity contribution in [2.24, 2.45) is 30.7 Å². The number of hydrogen-bond acceptors (Lipinski definition) is 5. The van der Waals surface area contributed by atoms with E-state index in [-0.39, 0.29) is 17.8 Å². The Kier molecular flexibility index (Phi) is 4.93. The number of H-pyrrole nitrogens is 1. The summed E-state index contributed by atoms with van der Waals surface area (Å²) in [5, 5.41) is 14.9. The lowest BCUT2D eigenvalue weighted by Crippen LogP contribution is -2.45. The number of rotatable bonds is 5. The van der Waals surface area contributed by atoms with Gasteiger partial charge in [0.25, 0.3) is 0 Å². The van der Waals surface area contributed by atoms with Crippen LogP contribution in [0.15, 0.2) is 36.9 Å². The third kappa shape index (κ3) is 3.55. The number of carboxylic acid groups (broad SMARTS) is 1. The van der Waals surface area contributed by atoms with Crippen molar-refractivity contribution in [3.63, 3.8) is 0 Å². The Balaban J connectivity index is 1.46. The van der Waals surface area contributed by atoms with Crippen LogP contribution in [0.1, 0.15) is 31.4 Å². The highest BCUT2D eigenvalue weighted by Crippen LogP contribution is 2.50. The number of halogens is 1. The van der Waals surface area contributed by atoms with E-state index in [4.69, 9.17) is 9.97 Å². The molecule has 4 aromatic heterocycles. The predicted octanol–water partition coefficient (Wildman–Crippen LogP) is 4.24. The molecule has 174 valence electrons. The van der Waals surface area contributed by atoms with E-state index in [2.05, 4.69) is 15.1 Å². The molecule has 4 aromatic rings. The van der Waals surface area contributed by atoms with Crippen molar-refractivity contribution in [2.45, 2.75) is 32.1 Å². The second-order valence-electron chi connectivity index (χ2n) is 9.63. The van der Waals surface area contributed by atoms with Crippen LogP contribution >= 0.6 is 0 Å². The number of nitrogens with zero attached hydrogens (tertiary/aromatic N) is 5. The fourth-order valence-electron chi connectivity index (χ4n) is 6.08. The minimum absolute atomic E-state index is 0.0524. The van der Waals surface area contributed by atoms with E-state index >= 15 is 0 Å². The van der Waals surface area contributed by atoms with Crippen molar-refractivity contribution >= 4 is 17.0 Å². The Hall–Kier alpha value is -3.62. The zero-order chi connectivity index (χ0) is 23.4. The SMILES string of the molecule is Cn1cc(-c2cc(CC3C4CCC(CC4)C3C(=O)O)nc(-c3c[nH]c4ncc(F)cc34)n2)cn1. The molecule has 2 bridgehead atoms. The molecule has 7 rings (SSSR count). The minimum atomic E-state index is -0.695. The molecule has 2 atom stereocenters. The molecule has 0 amide bonds. The third-order valence-corrected chi connectivity index (χ3v) is 7.64. The summed E-state index contributed by atoms with van der Waals surface area (Å²) >= 11 is 0. The molecule has 2 unspecified atom stereocenters. The van der Waals surface area contributed by atoms with Crippen molar-refractivity contribution in [3.05, 3.63) is 48.4 Å². The number of carboxylic acids is 1. The molecule has 0 aliphatic heterocycles. The lowest BCUT2D eigenvalue weighted by atomic mass is 9.57. The maximum atomic E-state index is 14.0. The fraction of sp³-hybridized carbons (Fsp3) is 0.400. The zero-order valence-electron chi connectivity index (χ0n) is 18.8. The first-order chi connectivity index (χ1) is 16.5. The Morgan fingerprint density at radius 1 is 1.18 bits per heavy atom. The summed E-state index contributed by atoms with van der Waals surface area (Å²) in [5.74, 6) is -0.301. The summed E-state index contributed by atoms with van der Waals surface area (Å²) in [5.41, 5.74) is 3.57. The van der Waals surface area contributed by atoms with Gasteiger partial charge < -0.3 is 10.1 Å². The van der Waals surface area contributed by atoms with E-state index in [0.29, 0.717) is 40.5 Å². The van der Waals surface area contributed by atoms with Gasteiger partial charge in [-0.05, 0) is 62.0 Å². The summed E-state index contributed by atoms with van der Waals surface area (Å²) in [6, 6.07) is 3.36. The maximum Gasteiger partial charge on any atom is 0.307 e. The van der Waals surface area contributed by atoms with Gasteiger partial charge in [0.15, 0.2) is 5.82 Å². The fourth-order valence-corrected chi connectivity index (χ4v) is 6.08. The molecule has 3 aliphatic carbocycles. The van der Waals surface area contributed by atoms with Crippen LogP contribution in [0.25, 0.3) is 33.7 Å². The van der Waals surface area contributed by atoms with Gasteiger partial charge in [0, 0.05) is 41.6 Å². The van der Waals surface area contributed by atoms with Crippen molar-refractivity contribution in [2.75, 3.05) is 0 Å². The minimum Gasteiger partial charge on any atom is -0.481 e. The number of fused-ring (bicyclic) bond motifs is 4. The van der Waals surface area contributed by atoms with Gasteiger partial charge in [0.1, 0.15) is 11.5 Å². The average molecular weight is 461 g/mol. The molecule has 3 aliphatic rings. The highest BCUT2D eigenvalue weighted by molar-refractivity contribution is 5.91. The molecule has 8 nitrogen and oxygen atoms in total. The van der Waals surface area contributed by atoms with E-state index in [1.165, 1.54) is 12.3 Å². The quantitative estimate of drug-likeness (QED) is 0.461. The molecule has 9 heteroatoms. The van der Waals surface area contributed by atoms with Gasteiger partial charge in [-0.1, -0.05) is 0 Å². The number of nitrogens with one attached hydrogen (secondary N) is 1. The summed E-state index contributed by atoms with van der Waals surface area (Å²) in [6.07, 6.45) is 11.3. The third-order valence-electron chi connectivity index (χ3n) is 7.64. The number of aryl methyl sites for hydroxylation is 1. The topological polar surface area (TPSA) is 110 Å². The number of aliphatic carboxylic acids is 1. The number of aromatic amines is 1. The normalized spacial score (nSPS) is 24.1. The van der Waals surface area contributed by atoms with Crippen molar-refractivity contribution in [1.82, 2.24) is 29.7 Å². The van der Waals surface area contributed by atoms with Crippen LogP contribution in [0.4, 0.5) is 4.39 Å². The van der Waals surface area contributed by atoms with Gasteiger partial charge >= 0.3 is 5.97 Å². The van der Waals surface area contributed by atoms with Gasteiger partial charge in [-0.15, -0.1) is 0 Å². The molecule has 0 spiro atoms. The smallest absolute Gasteiger partial charge is 0.307 e. The Morgan fingerprint density at radius 2 is 1.97 bits per heavy atom. The lowest BCUT2D eigenvalue weighted by Gasteiger charge is -2.46. The predicted molar refractivity (Wildman–Crippen MR) is 123 cm³/mol.